The molecule has 0 aliphatic carbocycles. The van der Waals surface area contributed by atoms with E-state index in [1.807, 2.05) is 0 Å². The van der Waals surface area contributed by atoms with Crippen molar-refractivity contribution in [2.75, 3.05) is 6.61 Å². The highest BCUT2D eigenvalue weighted by Crippen LogP contribution is 2.40. The molecule has 5 aromatic rings. The van der Waals surface area contributed by atoms with Gasteiger partial charge >= 0.3 is 23.9 Å². The molecule has 270 valence electrons. The number of nitrogens with two attached hydrogens (primary N) is 1. The third kappa shape index (κ3) is 7.80. The van der Waals surface area contributed by atoms with Gasteiger partial charge in [0.15, 0.2) is 12.2 Å². The van der Waals surface area contributed by atoms with Gasteiger partial charge in [0.05, 0.1) is 35.1 Å². The second-order valence-corrected chi connectivity index (χ2v) is 11.7. The molecule has 6 rings (SSSR count). The van der Waals surface area contributed by atoms with Crippen molar-refractivity contribution in [1.82, 2.24) is 15.0 Å². The number of hydrogen-bond acceptors (Lipinski definition) is 13. The standard InChI is InChI=1S/C38H32N4O11/c39-37(48)38(42-21-28(22-43)40-41-42)32(52-36(47)27-19-11-4-12-20-27)31(51-35(46)26-17-9-3-10-18-26)30(50-34(45)25-15-7-2-8-16-25)29(53-38)23-49-33(44)24-13-5-1-6-14-24/h1-21,29-32,43H,22-23H2,(H2,39,48)/t29-,30-,31+,32-,38+/m1/s1. The molecule has 5 atom stereocenters. The van der Waals surface area contributed by atoms with Crippen molar-refractivity contribution in [3.63, 3.8) is 0 Å². The number of aliphatic hydroxyl groups is 1. The van der Waals surface area contributed by atoms with Gasteiger partial charge in [-0.25, -0.2) is 23.9 Å². The predicted octanol–water partition coefficient (Wildman–Crippen LogP) is 2.84. The lowest BCUT2D eigenvalue weighted by Gasteiger charge is -2.49. The number of benzene rings is 4. The molecule has 1 aliphatic rings. The molecule has 0 bridgehead atoms. The third-order valence-electron chi connectivity index (χ3n) is 8.24. The Morgan fingerprint density at radius 3 is 1.53 bits per heavy atom. The Kier molecular flexibility index (Phi) is 11.0. The fourth-order valence-electron chi connectivity index (χ4n) is 5.65. The van der Waals surface area contributed by atoms with Gasteiger partial charge in [-0.3, -0.25) is 4.79 Å². The highest BCUT2D eigenvalue weighted by molar-refractivity contribution is 5.92. The Morgan fingerprint density at radius 2 is 1.09 bits per heavy atom. The minimum atomic E-state index is -2.72. The molecule has 53 heavy (non-hydrogen) atoms. The number of carbonyl (C=O) groups is 5. The lowest BCUT2D eigenvalue weighted by atomic mass is 9.88. The average molecular weight is 721 g/mol. The molecule has 0 radical (unpaired) electrons. The molecule has 2 heterocycles. The van der Waals surface area contributed by atoms with E-state index in [1.165, 1.54) is 48.5 Å². The van der Waals surface area contributed by atoms with Gasteiger partial charge in [0.1, 0.15) is 18.4 Å². The van der Waals surface area contributed by atoms with Crippen molar-refractivity contribution in [2.24, 2.45) is 5.73 Å². The highest BCUT2D eigenvalue weighted by atomic mass is 16.7. The van der Waals surface area contributed by atoms with Crippen LogP contribution in [-0.2, 0) is 40.8 Å². The van der Waals surface area contributed by atoms with Crippen LogP contribution in [0.5, 0.6) is 0 Å². The lowest BCUT2D eigenvalue weighted by molar-refractivity contribution is -0.293. The van der Waals surface area contributed by atoms with Crippen LogP contribution in [0.2, 0.25) is 0 Å². The maximum atomic E-state index is 13.9. The minimum absolute atomic E-state index is 0.0189. The first-order valence-corrected chi connectivity index (χ1v) is 16.2. The molecule has 3 N–H and O–H groups in total. The van der Waals surface area contributed by atoms with Crippen molar-refractivity contribution >= 4 is 29.8 Å². The highest BCUT2D eigenvalue weighted by Gasteiger charge is 2.65. The van der Waals surface area contributed by atoms with Crippen molar-refractivity contribution in [3.05, 3.63) is 155 Å². The van der Waals surface area contributed by atoms with Crippen LogP contribution in [0.25, 0.3) is 0 Å². The number of amides is 1. The van der Waals surface area contributed by atoms with E-state index < -0.39 is 73.1 Å². The SMILES string of the molecule is NC(=O)[C@@]1(n2cc(CO)nn2)O[C@H](COC(=O)c2ccccc2)[C@@H](OC(=O)c2ccccc2)[C@H](OC(=O)c2ccccc2)[C@H]1OC(=O)c1ccccc1. The van der Waals surface area contributed by atoms with Gasteiger partial charge in [-0.05, 0) is 48.5 Å². The summed E-state index contributed by atoms with van der Waals surface area (Å²) in [4.78, 5) is 68.3. The molecule has 4 aromatic carbocycles. The smallest absolute Gasteiger partial charge is 0.338 e. The summed E-state index contributed by atoms with van der Waals surface area (Å²) in [5.74, 6) is -5.07. The van der Waals surface area contributed by atoms with Crippen LogP contribution >= 0.6 is 0 Å². The largest absolute Gasteiger partial charge is 0.459 e. The van der Waals surface area contributed by atoms with Gasteiger partial charge in [-0.15, -0.1) is 5.10 Å². The summed E-state index contributed by atoms with van der Waals surface area (Å²) in [7, 11) is 0. The third-order valence-corrected chi connectivity index (χ3v) is 8.24. The zero-order valence-corrected chi connectivity index (χ0v) is 27.8. The number of ether oxygens (including phenoxy) is 5. The van der Waals surface area contributed by atoms with E-state index in [2.05, 4.69) is 10.3 Å². The number of carbonyl (C=O) groups excluding carboxylic acids is 5. The monoisotopic (exact) mass is 720 g/mol. The molecule has 1 aromatic heterocycles. The topological polar surface area (TPSA) is 208 Å². The van der Waals surface area contributed by atoms with Crippen LogP contribution in [0.1, 0.15) is 47.1 Å². The van der Waals surface area contributed by atoms with Gasteiger partial charge in [0, 0.05) is 0 Å². The number of aliphatic hydroxyl groups excluding tert-OH is 1. The maximum absolute atomic E-state index is 13.9. The number of hydrogen-bond donors (Lipinski definition) is 2. The van der Waals surface area contributed by atoms with E-state index in [4.69, 9.17) is 29.4 Å². The Hall–Kier alpha value is -6.71. The van der Waals surface area contributed by atoms with Gasteiger partial charge < -0.3 is 34.5 Å². The second-order valence-electron chi connectivity index (χ2n) is 11.7. The van der Waals surface area contributed by atoms with Crippen LogP contribution in [-0.4, -0.2) is 80.9 Å². The van der Waals surface area contributed by atoms with Crippen LogP contribution in [0, 0.1) is 0 Å². The number of primary amides is 1. The minimum Gasteiger partial charge on any atom is -0.459 e. The first-order valence-electron chi connectivity index (χ1n) is 16.2. The molecule has 0 unspecified atom stereocenters. The van der Waals surface area contributed by atoms with Gasteiger partial charge in [-0.1, -0.05) is 78.0 Å². The van der Waals surface area contributed by atoms with Crippen molar-refractivity contribution in [2.45, 2.75) is 36.7 Å². The second kappa shape index (κ2) is 16.1. The van der Waals surface area contributed by atoms with Crippen molar-refractivity contribution in [3.8, 4) is 0 Å². The van der Waals surface area contributed by atoms with Gasteiger partial charge in [0.25, 0.3) is 11.6 Å². The summed E-state index contributed by atoms with van der Waals surface area (Å²) in [6.45, 7) is -1.35. The Balaban J connectivity index is 1.52. The molecule has 15 nitrogen and oxygen atoms in total. The normalized spacial score (nSPS) is 20.8. The van der Waals surface area contributed by atoms with E-state index >= 15 is 0 Å². The number of esters is 4. The molecule has 15 heteroatoms. The number of aromatic nitrogens is 3. The van der Waals surface area contributed by atoms with Gasteiger partial charge in [-0.2, -0.15) is 0 Å². The van der Waals surface area contributed by atoms with E-state index in [9.17, 15) is 29.1 Å². The van der Waals surface area contributed by atoms with E-state index in [0.717, 1.165) is 10.9 Å². The summed E-state index contributed by atoms with van der Waals surface area (Å²) in [5.41, 5.74) is 3.61. The molecule has 1 aliphatic heterocycles. The molecular formula is C38H32N4O11. The zero-order chi connectivity index (χ0) is 37.4. The number of rotatable bonds is 12. The van der Waals surface area contributed by atoms with Gasteiger partial charge in [0.2, 0.25) is 6.10 Å². The van der Waals surface area contributed by atoms with Crippen LogP contribution in [0.3, 0.4) is 0 Å². The summed E-state index contributed by atoms with van der Waals surface area (Å²) >= 11 is 0. The maximum Gasteiger partial charge on any atom is 0.338 e. The molecule has 0 spiro atoms. The summed E-state index contributed by atoms with van der Waals surface area (Å²) in [6.07, 6.45) is -6.23. The fourth-order valence-corrected chi connectivity index (χ4v) is 5.65. The Morgan fingerprint density at radius 1 is 0.660 bits per heavy atom. The zero-order valence-electron chi connectivity index (χ0n) is 27.8. The van der Waals surface area contributed by atoms with Crippen LogP contribution in [0.4, 0.5) is 0 Å². The molecular weight excluding hydrogens is 688 g/mol. The van der Waals surface area contributed by atoms with E-state index in [-0.39, 0.29) is 27.9 Å². The Labute approximate surface area is 301 Å². The summed E-state index contributed by atoms with van der Waals surface area (Å²) in [5, 5.41) is 17.6. The van der Waals surface area contributed by atoms with Crippen molar-refractivity contribution in [1.29, 1.82) is 0 Å². The predicted molar refractivity (Wildman–Crippen MR) is 182 cm³/mol. The molecule has 1 amide bonds. The lowest BCUT2D eigenvalue weighted by Crippen LogP contribution is -2.72. The quantitative estimate of drug-likeness (QED) is 0.141. The van der Waals surface area contributed by atoms with Crippen molar-refractivity contribution < 1.29 is 52.8 Å². The van der Waals surface area contributed by atoms with Crippen LogP contribution in [0.15, 0.2) is 128 Å². The van der Waals surface area contributed by atoms with Crippen LogP contribution < -0.4 is 5.73 Å². The molecule has 1 fully saturated rings. The fraction of sp³-hybridized carbons (Fsp3) is 0.184. The average Bonchev–Trinajstić information content (AvgIpc) is 3.69. The van der Waals surface area contributed by atoms with E-state index in [1.54, 1.807) is 72.8 Å². The number of nitrogens with zero attached hydrogens (tertiary/aromatic N) is 3. The first kappa shape index (κ1) is 36.1. The first-order chi connectivity index (χ1) is 25.7. The Bertz CT molecular complexity index is 2060. The summed E-state index contributed by atoms with van der Waals surface area (Å²) in [6, 6.07) is 31.1. The van der Waals surface area contributed by atoms with E-state index in [0.29, 0.717) is 0 Å². The molecule has 0 saturated carbocycles. The molecule has 1 saturated heterocycles. The summed E-state index contributed by atoms with van der Waals surface area (Å²) < 4.78 is 30.7.